The molecule has 3 saturated heterocycles. The van der Waals surface area contributed by atoms with Gasteiger partial charge in [-0.15, -0.1) is 0 Å². The molecule has 3 aliphatic heterocycles. The van der Waals surface area contributed by atoms with Crippen LogP contribution in [0.25, 0.3) is 11.6 Å². The van der Waals surface area contributed by atoms with E-state index in [0.29, 0.717) is 42.3 Å². The lowest BCUT2D eigenvalue weighted by Crippen LogP contribution is -2.45. The Morgan fingerprint density at radius 1 is 1.18 bits per heavy atom. The molecule has 28 heavy (non-hydrogen) atoms. The van der Waals surface area contributed by atoms with Gasteiger partial charge in [0, 0.05) is 45.1 Å². The van der Waals surface area contributed by atoms with E-state index >= 15 is 0 Å². The number of fused-ring (bicyclic) bond motifs is 4. The minimum absolute atomic E-state index is 0.274. The van der Waals surface area contributed by atoms with Gasteiger partial charge < -0.3 is 13.8 Å². The molecule has 0 N–H and O–H groups in total. The standard InChI is InChI=1S/C21H28N4O3/c26-20(5-1-4-19-22-21(23-28-19)18-3-2-10-27-18)25-13-16-8-9-17(14-25)24(12-16)11-15-6-7-15/h2-3,10,15-17H,1,4-9,11-14H2/t16-,17-/m0/s1. The summed E-state index contributed by atoms with van der Waals surface area (Å²) in [5, 5.41) is 3.94. The molecule has 0 radical (unpaired) electrons. The van der Waals surface area contributed by atoms with Crippen LogP contribution >= 0.6 is 0 Å². The van der Waals surface area contributed by atoms with Crippen LogP contribution in [0.3, 0.4) is 0 Å². The number of aryl methyl sites for hydroxylation is 1. The molecule has 2 atom stereocenters. The van der Waals surface area contributed by atoms with Crippen molar-refractivity contribution in [3.05, 3.63) is 24.3 Å². The molecule has 2 aromatic heterocycles. The number of hydrogen-bond donors (Lipinski definition) is 0. The average molecular weight is 384 g/mol. The third-order valence-electron chi connectivity index (χ3n) is 6.36. The molecule has 0 spiro atoms. The Morgan fingerprint density at radius 2 is 2.11 bits per heavy atom. The zero-order valence-corrected chi connectivity index (χ0v) is 16.3. The number of hydrogen-bond acceptors (Lipinski definition) is 6. The Hall–Kier alpha value is -2.15. The summed E-state index contributed by atoms with van der Waals surface area (Å²) in [5.74, 6) is 3.46. The highest BCUT2D eigenvalue weighted by atomic mass is 16.5. The first-order valence-electron chi connectivity index (χ1n) is 10.6. The summed E-state index contributed by atoms with van der Waals surface area (Å²) in [6.45, 7) is 4.27. The molecule has 2 aromatic rings. The van der Waals surface area contributed by atoms with Crippen molar-refractivity contribution in [2.24, 2.45) is 11.8 Å². The molecule has 2 bridgehead atoms. The van der Waals surface area contributed by atoms with E-state index in [1.807, 2.05) is 0 Å². The summed E-state index contributed by atoms with van der Waals surface area (Å²) in [4.78, 5) is 22.0. The van der Waals surface area contributed by atoms with Crippen molar-refractivity contribution >= 4 is 5.91 Å². The molecule has 0 unspecified atom stereocenters. The summed E-state index contributed by atoms with van der Waals surface area (Å²) < 4.78 is 10.6. The number of piperidine rings is 1. The van der Waals surface area contributed by atoms with Crippen LogP contribution in [0.15, 0.2) is 27.3 Å². The molecule has 150 valence electrons. The smallest absolute Gasteiger partial charge is 0.238 e. The largest absolute Gasteiger partial charge is 0.461 e. The first-order valence-corrected chi connectivity index (χ1v) is 10.6. The molecule has 4 aliphatic rings. The lowest BCUT2D eigenvalue weighted by Gasteiger charge is -2.36. The van der Waals surface area contributed by atoms with Crippen molar-refractivity contribution in [3.8, 4) is 11.6 Å². The van der Waals surface area contributed by atoms with E-state index in [4.69, 9.17) is 8.94 Å². The van der Waals surface area contributed by atoms with Gasteiger partial charge in [0.1, 0.15) is 0 Å². The summed E-state index contributed by atoms with van der Waals surface area (Å²) in [5.41, 5.74) is 0. The third-order valence-corrected chi connectivity index (χ3v) is 6.36. The van der Waals surface area contributed by atoms with Gasteiger partial charge in [-0.2, -0.15) is 4.98 Å². The predicted molar refractivity (Wildman–Crippen MR) is 102 cm³/mol. The van der Waals surface area contributed by atoms with Crippen molar-refractivity contribution in [2.75, 3.05) is 26.2 Å². The monoisotopic (exact) mass is 384 g/mol. The number of nitrogens with zero attached hydrogens (tertiary/aromatic N) is 4. The summed E-state index contributed by atoms with van der Waals surface area (Å²) in [7, 11) is 0. The van der Waals surface area contributed by atoms with E-state index in [1.165, 1.54) is 38.8 Å². The van der Waals surface area contributed by atoms with Gasteiger partial charge in [-0.1, -0.05) is 5.16 Å². The fourth-order valence-electron chi connectivity index (χ4n) is 4.65. The lowest BCUT2D eigenvalue weighted by molar-refractivity contribution is -0.131. The Kier molecular flexibility index (Phi) is 4.93. The summed E-state index contributed by atoms with van der Waals surface area (Å²) >= 11 is 0. The fourth-order valence-corrected chi connectivity index (χ4v) is 4.65. The van der Waals surface area contributed by atoms with Crippen LogP contribution in [0.4, 0.5) is 0 Å². The van der Waals surface area contributed by atoms with Gasteiger partial charge in [-0.25, -0.2) is 0 Å². The highest BCUT2D eigenvalue weighted by Gasteiger charge is 2.38. The van der Waals surface area contributed by atoms with E-state index < -0.39 is 0 Å². The number of carbonyl (C=O) groups is 1. The van der Waals surface area contributed by atoms with Crippen LogP contribution in [0, 0.1) is 11.8 Å². The van der Waals surface area contributed by atoms with Crippen LogP contribution in [0.5, 0.6) is 0 Å². The zero-order chi connectivity index (χ0) is 18.9. The number of carbonyl (C=O) groups excluding carboxylic acids is 1. The first kappa shape index (κ1) is 17.9. The average Bonchev–Trinajstić information content (AvgIpc) is 3.24. The van der Waals surface area contributed by atoms with Crippen LogP contribution in [-0.4, -0.2) is 58.1 Å². The minimum Gasteiger partial charge on any atom is -0.461 e. The Labute approximate surface area is 165 Å². The van der Waals surface area contributed by atoms with Crippen LogP contribution in [0.1, 0.15) is 44.4 Å². The third kappa shape index (κ3) is 3.99. The molecule has 1 aliphatic carbocycles. The van der Waals surface area contributed by atoms with Gasteiger partial charge >= 0.3 is 0 Å². The number of rotatable bonds is 7. The van der Waals surface area contributed by atoms with E-state index in [2.05, 4.69) is 19.9 Å². The number of amides is 1. The molecule has 7 nitrogen and oxygen atoms in total. The maximum atomic E-state index is 12.8. The molecular formula is C21H28N4O3. The van der Waals surface area contributed by atoms with E-state index in [1.54, 1.807) is 18.4 Å². The van der Waals surface area contributed by atoms with Crippen LogP contribution < -0.4 is 0 Å². The van der Waals surface area contributed by atoms with Gasteiger partial charge in [0.05, 0.1) is 6.26 Å². The van der Waals surface area contributed by atoms with Crippen molar-refractivity contribution in [1.29, 1.82) is 0 Å². The molecule has 4 fully saturated rings. The topological polar surface area (TPSA) is 75.6 Å². The highest BCUT2D eigenvalue weighted by Crippen LogP contribution is 2.35. The second-order valence-electron chi connectivity index (χ2n) is 8.64. The van der Waals surface area contributed by atoms with E-state index in [-0.39, 0.29) is 5.91 Å². The fraction of sp³-hybridized carbons (Fsp3) is 0.667. The predicted octanol–water partition coefficient (Wildman–Crippen LogP) is 2.99. The van der Waals surface area contributed by atoms with E-state index in [0.717, 1.165) is 25.4 Å². The second kappa shape index (κ2) is 7.70. The van der Waals surface area contributed by atoms with Gasteiger partial charge in [-0.05, 0) is 56.1 Å². The number of aromatic nitrogens is 2. The van der Waals surface area contributed by atoms with Gasteiger partial charge in [0.2, 0.25) is 17.6 Å². The maximum absolute atomic E-state index is 12.8. The molecule has 0 aromatic carbocycles. The highest BCUT2D eigenvalue weighted by molar-refractivity contribution is 5.76. The van der Waals surface area contributed by atoms with Crippen molar-refractivity contribution in [3.63, 3.8) is 0 Å². The SMILES string of the molecule is O=C(CCCc1nc(-c2ccco2)no1)N1C[C@H]2CC[C@@H](C1)N(CC1CC1)C2. The maximum Gasteiger partial charge on any atom is 0.238 e. The van der Waals surface area contributed by atoms with E-state index in [9.17, 15) is 4.79 Å². The van der Waals surface area contributed by atoms with Gasteiger partial charge in [0.25, 0.3) is 0 Å². The Balaban J connectivity index is 1.12. The van der Waals surface area contributed by atoms with Crippen molar-refractivity contribution in [2.45, 2.75) is 51.0 Å². The minimum atomic E-state index is 0.274. The molecule has 1 amide bonds. The molecule has 6 rings (SSSR count). The second-order valence-corrected chi connectivity index (χ2v) is 8.64. The lowest BCUT2D eigenvalue weighted by atomic mass is 9.95. The quantitative estimate of drug-likeness (QED) is 0.730. The van der Waals surface area contributed by atoms with Crippen LogP contribution in [-0.2, 0) is 11.2 Å². The van der Waals surface area contributed by atoms with Gasteiger partial charge in [0.15, 0.2) is 5.76 Å². The molecule has 7 heteroatoms. The first-order chi connectivity index (χ1) is 13.7. The van der Waals surface area contributed by atoms with Crippen LogP contribution in [0.2, 0.25) is 0 Å². The zero-order valence-electron chi connectivity index (χ0n) is 16.3. The Morgan fingerprint density at radius 3 is 2.93 bits per heavy atom. The van der Waals surface area contributed by atoms with Crippen molar-refractivity contribution in [1.82, 2.24) is 19.9 Å². The van der Waals surface area contributed by atoms with Gasteiger partial charge in [-0.3, -0.25) is 9.69 Å². The summed E-state index contributed by atoms with van der Waals surface area (Å²) in [6.07, 6.45) is 8.79. The summed E-state index contributed by atoms with van der Waals surface area (Å²) in [6, 6.07) is 4.16. The van der Waals surface area contributed by atoms with Crippen molar-refractivity contribution < 1.29 is 13.7 Å². The Bertz CT molecular complexity index is 798. The number of furan rings is 1. The molecule has 5 heterocycles. The normalized spacial score (nSPS) is 25.2. The molecular weight excluding hydrogens is 356 g/mol. The molecule has 1 saturated carbocycles.